The first-order valence-corrected chi connectivity index (χ1v) is 7.59. The Bertz CT molecular complexity index is 779. The molecule has 1 atom stereocenters. The van der Waals surface area contributed by atoms with Crippen LogP contribution in [0.25, 0.3) is 10.9 Å². The van der Waals surface area contributed by atoms with E-state index >= 15 is 0 Å². The zero-order chi connectivity index (χ0) is 14.1. The zero-order valence-electron chi connectivity index (χ0n) is 11.9. The van der Waals surface area contributed by atoms with E-state index in [1.54, 1.807) is 0 Å². The Morgan fingerprint density at radius 3 is 2.95 bits per heavy atom. The third-order valence-corrected chi connectivity index (χ3v) is 4.31. The average molecular weight is 274 g/mol. The summed E-state index contributed by atoms with van der Waals surface area (Å²) < 4.78 is 0. The molecule has 0 aliphatic heterocycles. The number of aromatic nitrogens is 1. The van der Waals surface area contributed by atoms with Crippen LogP contribution in [0, 0.1) is 0 Å². The highest BCUT2D eigenvalue weighted by molar-refractivity contribution is 5.82. The quantitative estimate of drug-likeness (QED) is 0.731. The van der Waals surface area contributed by atoms with Gasteiger partial charge in [-0.05, 0) is 54.7 Å². The summed E-state index contributed by atoms with van der Waals surface area (Å²) in [6, 6.07) is 19.7. The molecule has 3 aromatic rings. The van der Waals surface area contributed by atoms with Crippen LogP contribution >= 0.6 is 0 Å². The summed E-state index contributed by atoms with van der Waals surface area (Å²) >= 11 is 0. The third kappa shape index (κ3) is 2.38. The minimum atomic E-state index is 0.420. The molecular formula is C19H18N2. The van der Waals surface area contributed by atoms with E-state index < -0.39 is 0 Å². The lowest BCUT2D eigenvalue weighted by Gasteiger charge is -2.27. The maximum absolute atomic E-state index is 4.38. The third-order valence-electron chi connectivity index (χ3n) is 4.31. The fourth-order valence-corrected chi connectivity index (χ4v) is 3.27. The van der Waals surface area contributed by atoms with E-state index in [1.165, 1.54) is 41.5 Å². The van der Waals surface area contributed by atoms with Crippen LogP contribution in [0.5, 0.6) is 0 Å². The largest absolute Gasteiger partial charge is 0.378 e. The van der Waals surface area contributed by atoms with Gasteiger partial charge in [-0.1, -0.05) is 30.3 Å². The number of aryl methyl sites for hydroxylation is 1. The van der Waals surface area contributed by atoms with Crippen molar-refractivity contribution in [2.24, 2.45) is 0 Å². The molecule has 2 heteroatoms. The van der Waals surface area contributed by atoms with Gasteiger partial charge >= 0.3 is 0 Å². The topological polar surface area (TPSA) is 24.9 Å². The lowest BCUT2D eigenvalue weighted by Crippen LogP contribution is -2.17. The van der Waals surface area contributed by atoms with E-state index in [-0.39, 0.29) is 0 Å². The summed E-state index contributed by atoms with van der Waals surface area (Å²) in [4.78, 5) is 4.38. The predicted molar refractivity (Wildman–Crippen MR) is 87.5 cm³/mol. The highest BCUT2D eigenvalue weighted by atomic mass is 14.9. The molecule has 1 unspecified atom stereocenters. The van der Waals surface area contributed by atoms with E-state index in [9.17, 15) is 0 Å². The monoisotopic (exact) mass is 274 g/mol. The van der Waals surface area contributed by atoms with Crippen molar-refractivity contribution in [3.8, 4) is 0 Å². The summed E-state index contributed by atoms with van der Waals surface area (Å²) in [6.45, 7) is 0. The minimum Gasteiger partial charge on any atom is -0.378 e. The Morgan fingerprint density at radius 1 is 1.00 bits per heavy atom. The first-order valence-electron chi connectivity index (χ1n) is 7.59. The fourth-order valence-electron chi connectivity index (χ4n) is 3.27. The first-order chi connectivity index (χ1) is 10.4. The first kappa shape index (κ1) is 12.4. The molecule has 1 aliphatic carbocycles. The van der Waals surface area contributed by atoms with Gasteiger partial charge in [-0.15, -0.1) is 0 Å². The van der Waals surface area contributed by atoms with E-state index in [1.807, 2.05) is 12.3 Å². The van der Waals surface area contributed by atoms with E-state index in [0.29, 0.717) is 6.04 Å². The molecule has 1 aromatic heterocycles. The van der Waals surface area contributed by atoms with E-state index in [4.69, 9.17) is 0 Å². The van der Waals surface area contributed by atoms with Gasteiger partial charge in [0.15, 0.2) is 0 Å². The molecule has 104 valence electrons. The Balaban J connectivity index is 1.66. The molecule has 4 rings (SSSR count). The van der Waals surface area contributed by atoms with Crippen molar-refractivity contribution in [3.63, 3.8) is 0 Å². The van der Waals surface area contributed by atoms with E-state index in [2.05, 4.69) is 58.8 Å². The Labute approximate surface area is 124 Å². The molecule has 2 nitrogen and oxygen atoms in total. The lowest BCUT2D eigenvalue weighted by molar-refractivity contribution is 0.600. The average Bonchev–Trinajstić information content (AvgIpc) is 2.55. The molecule has 21 heavy (non-hydrogen) atoms. The van der Waals surface area contributed by atoms with Crippen LogP contribution in [0.1, 0.15) is 30.0 Å². The van der Waals surface area contributed by atoms with Gasteiger partial charge in [0.2, 0.25) is 0 Å². The lowest BCUT2D eigenvalue weighted by atomic mass is 9.87. The number of pyridine rings is 1. The summed E-state index contributed by atoms with van der Waals surface area (Å²) in [5.74, 6) is 0. The molecular weight excluding hydrogens is 256 g/mol. The number of rotatable bonds is 2. The van der Waals surface area contributed by atoms with Crippen molar-refractivity contribution >= 4 is 16.6 Å². The minimum absolute atomic E-state index is 0.420. The van der Waals surface area contributed by atoms with Gasteiger partial charge in [0, 0.05) is 17.3 Å². The van der Waals surface area contributed by atoms with Crippen LogP contribution in [-0.4, -0.2) is 4.98 Å². The van der Waals surface area contributed by atoms with Gasteiger partial charge in [0.25, 0.3) is 0 Å². The molecule has 0 fully saturated rings. The predicted octanol–water partition coefficient (Wildman–Crippen LogP) is 4.72. The number of fused-ring (bicyclic) bond motifs is 2. The number of benzene rings is 2. The van der Waals surface area contributed by atoms with Crippen LogP contribution in [0.15, 0.2) is 60.8 Å². The molecule has 2 aromatic carbocycles. The van der Waals surface area contributed by atoms with Crippen molar-refractivity contribution in [2.75, 3.05) is 5.32 Å². The van der Waals surface area contributed by atoms with Crippen molar-refractivity contribution in [1.82, 2.24) is 4.98 Å². The molecule has 0 saturated heterocycles. The molecule has 1 N–H and O–H groups in total. The second kappa shape index (κ2) is 5.21. The SMILES string of the molecule is c1ccc2c(c1)CCCC2Nc1ccc2ncccc2c1. The van der Waals surface area contributed by atoms with Gasteiger partial charge in [-0.2, -0.15) is 0 Å². The second-order valence-corrected chi connectivity index (χ2v) is 5.70. The molecule has 1 heterocycles. The molecule has 0 saturated carbocycles. The van der Waals surface area contributed by atoms with Crippen LogP contribution in [-0.2, 0) is 6.42 Å². The van der Waals surface area contributed by atoms with Gasteiger partial charge in [-0.3, -0.25) is 4.98 Å². The summed E-state index contributed by atoms with van der Waals surface area (Å²) in [7, 11) is 0. The van der Waals surface area contributed by atoms with Gasteiger partial charge in [0.05, 0.1) is 11.6 Å². The van der Waals surface area contributed by atoms with Crippen LogP contribution in [0.2, 0.25) is 0 Å². The van der Waals surface area contributed by atoms with Crippen molar-refractivity contribution < 1.29 is 0 Å². The normalized spacial score (nSPS) is 17.4. The highest BCUT2D eigenvalue weighted by Crippen LogP contribution is 2.32. The molecule has 0 radical (unpaired) electrons. The number of anilines is 1. The molecule has 0 bridgehead atoms. The number of hydrogen-bond acceptors (Lipinski definition) is 2. The molecule has 0 spiro atoms. The maximum atomic E-state index is 4.38. The molecule has 1 aliphatic rings. The summed E-state index contributed by atoms with van der Waals surface area (Å²) in [5.41, 5.74) is 5.17. The number of hydrogen-bond donors (Lipinski definition) is 1. The summed E-state index contributed by atoms with van der Waals surface area (Å²) in [6.07, 6.45) is 5.49. The molecule has 0 amide bonds. The standard InChI is InChI=1S/C19H18N2/c1-2-8-17-14(5-1)6-3-9-19(17)21-16-10-11-18-15(13-16)7-4-12-20-18/h1-2,4-5,7-8,10-13,19,21H,3,6,9H2. The van der Waals surface area contributed by atoms with Crippen molar-refractivity contribution in [2.45, 2.75) is 25.3 Å². The Morgan fingerprint density at radius 2 is 1.95 bits per heavy atom. The van der Waals surface area contributed by atoms with Crippen LogP contribution in [0.3, 0.4) is 0 Å². The summed E-state index contributed by atoms with van der Waals surface area (Å²) in [5, 5.41) is 4.89. The van der Waals surface area contributed by atoms with E-state index in [0.717, 1.165) is 5.52 Å². The van der Waals surface area contributed by atoms with Gasteiger partial charge in [-0.25, -0.2) is 0 Å². The zero-order valence-corrected chi connectivity index (χ0v) is 11.9. The van der Waals surface area contributed by atoms with Crippen molar-refractivity contribution in [3.05, 3.63) is 71.9 Å². The highest BCUT2D eigenvalue weighted by Gasteiger charge is 2.19. The van der Waals surface area contributed by atoms with Gasteiger partial charge < -0.3 is 5.32 Å². The fraction of sp³-hybridized carbons (Fsp3) is 0.211. The van der Waals surface area contributed by atoms with Crippen molar-refractivity contribution in [1.29, 1.82) is 0 Å². The number of nitrogens with one attached hydrogen (secondary N) is 1. The van der Waals surface area contributed by atoms with Crippen LogP contribution < -0.4 is 5.32 Å². The Kier molecular flexibility index (Phi) is 3.07. The smallest absolute Gasteiger partial charge is 0.0703 e. The maximum Gasteiger partial charge on any atom is 0.0703 e. The van der Waals surface area contributed by atoms with Crippen LogP contribution in [0.4, 0.5) is 5.69 Å². The number of nitrogens with zero attached hydrogens (tertiary/aromatic N) is 1. The van der Waals surface area contributed by atoms with Gasteiger partial charge in [0.1, 0.15) is 0 Å². The Hall–Kier alpha value is -2.35. The second-order valence-electron chi connectivity index (χ2n) is 5.70.